The molecule has 2 aromatic heterocycles. The van der Waals surface area contributed by atoms with Crippen LogP contribution in [0.15, 0.2) is 30.6 Å². The number of benzene rings is 1. The molecular weight excluding hydrogens is 284 g/mol. The summed E-state index contributed by atoms with van der Waals surface area (Å²) in [7, 11) is 0. The van der Waals surface area contributed by atoms with Crippen molar-refractivity contribution in [1.82, 2.24) is 19.9 Å². The molecule has 4 N–H and O–H groups in total. The van der Waals surface area contributed by atoms with Crippen molar-refractivity contribution in [3.8, 4) is 11.1 Å². The van der Waals surface area contributed by atoms with E-state index in [0.717, 1.165) is 16.6 Å². The van der Waals surface area contributed by atoms with Crippen LogP contribution < -0.4 is 11.1 Å². The number of rotatable bonds is 3. The van der Waals surface area contributed by atoms with E-state index in [0.29, 0.717) is 18.1 Å². The van der Waals surface area contributed by atoms with Gasteiger partial charge in [-0.25, -0.2) is 19.7 Å². The monoisotopic (exact) mass is 298 g/mol. The molecule has 22 heavy (non-hydrogen) atoms. The Morgan fingerprint density at radius 2 is 2.09 bits per heavy atom. The molecule has 0 radical (unpaired) electrons. The summed E-state index contributed by atoms with van der Waals surface area (Å²) in [5, 5.41) is 2.53. The lowest BCUT2D eigenvalue weighted by molar-refractivity contribution is 0.167. The van der Waals surface area contributed by atoms with Gasteiger partial charge < -0.3 is 15.5 Å². The van der Waals surface area contributed by atoms with E-state index in [-0.39, 0.29) is 5.95 Å². The SMILES string of the molecule is CCOC(=O)Nc1nc2cc(-c3cnc(N)nc3)ccc2[nH]1. The van der Waals surface area contributed by atoms with E-state index in [2.05, 4.69) is 25.3 Å². The van der Waals surface area contributed by atoms with Crippen molar-refractivity contribution in [2.75, 3.05) is 17.7 Å². The number of aromatic nitrogens is 4. The van der Waals surface area contributed by atoms with Gasteiger partial charge in [0.25, 0.3) is 0 Å². The maximum absolute atomic E-state index is 11.4. The van der Waals surface area contributed by atoms with Gasteiger partial charge in [0.05, 0.1) is 17.6 Å². The van der Waals surface area contributed by atoms with Crippen LogP contribution in [0, 0.1) is 0 Å². The Morgan fingerprint density at radius 1 is 1.32 bits per heavy atom. The first-order chi connectivity index (χ1) is 10.7. The van der Waals surface area contributed by atoms with Gasteiger partial charge in [-0.15, -0.1) is 0 Å². The first-order valence-corrected chi connectivity index (χ1v) is 6.67. The molecule has 0 aliphatic carbocycles. The summed E-state index contributed by atoms with van der Waals surface area (Å²) in [4.78, 5) is 26.6. The van der Waals surface area contributed by atoms with Gasteiger partial charge >= 0.3 is 6.09 Å². The van der Waals surface area contributed by atoms with Crippen LogP contribution in [0.4, 0.5) is 16.7 Å². The van der Waals surface area contributed by atoms with Gasteiger partial charge in [-0.3, -0.25) is 5.32 Å². The molecule has 0 fully saturated rings. The van der Waals surface area contributed by atoms with Gasteiger partial charge in [-0.2, -0.15) is 0 Å². The standard InChI is InChI=1S/C14H14N6O2/c1-2-22-14(21)20-13-18-10-4-3-8(5-11(10)19-13)9-6-16-12(15)17-7-9/h3-7H,2H2,1H3,(H2,15,16,17)(H2,18,19,20,21). The number of ether oxygens (including phenoxy) is 1. The molecule has 1 amide bonds. The first kappa shape index (κ1) is 13.8. The highest BCUT2D eigenvalue weighted by molar-refractivity contribution is 5.88. The molecule has 8 heteroatoms. The lowest BCUT2D eigenvalue weighted by Crippen LogP contribution is -2.14. The summed E-state index contributed by atoms with van der Waals surface area (Å²) in [5.74, 6) is 0.560. The third-order valence-electron chi connectivity index (χ3n) is 2.98. The van der Waals surface area contributed by atoms with Crippen molar-refractivity contribution >= 4 is 29.0 Å². The van der Waals surface area contributed by atoms with Crippen molar-refractivity contribution in [3.05, 3.63) is 30.6 Å². The number of nitrogen functional groups attached to an aromatic ring is 1. The molecule has 0 saturated heterocycles. The predicted octanol–water partition coefficient (Wildman–Crippen LogP) is 2.17. The highest BCUT2D eigenvalue weighted by atomic mass is 16.5. The predicted molar refractivity (Wildman–Crippen MR) is 82.2 cm³/mol. The van der Waals surface area contributed by atoms with Crippen LogP contribution in [-0.4, -0.2) is 32.6 Å². The molecule has 112 valence electrons. The molecule has 0 aliphatic heterocycles. The van der Waals surface area contributed by atoms with Gasteiger partial charge in [0.1, 0.15) is 0 Å². The Morgan fingerprint density at radius 3 is 2.82 bits per heavy atom. The molecule has 0 unspecified atom stereocenters. The highest BCUT2D eigenvalue weighted by Gasteiger charge is 2.08. The third kappa shape index (κ3) is 2.80. The number of hydrogen-bond donors (Lipinski definition) is 3. The highest BCUT2D eigenvalue weighted by Crippen LogP contribution is 2.23. The third-order valence-corrected chi connectivity index (χ3v) is 2.98. The molecule has 1 aromatic carbocycles. The van der Waals surface area contributed by atoms with E-state index in [1.54, 1.807) is 19.3 Å². The van der Waals surface area contributed by atoms with E-state index >= 15 is 0 Å². The van der Waals surface area contributed by atoms with Gasteiger partial charge in [-0.05, 0) is 24.6 Å². The second kappa shape index (κ2) is 5.68. The van der Waals surface area contributed by atoms with Crippen molar-refractivity contribution in [2.45, 2.75) is 6.92 Å². The maximum Gasteiger partial charge on any atom is 0.413 e. The summed E-state index contributed by atoms with van der Waals surface area (Å²) in [6.07, 6.45) is 2.75. The van der Waals surface area contributed by atoms with Crippen LogP contribution in [0.1, 0.15) is 6.92 Å². The molecule has 3 rings (SSSR count). The smallest absolute Gasteiger partial charge is 0.413 e. The summed E-state index contributed by atoms with van der Waals surface area (Å²) in [5.41, 5.74) is 8.72. The van der Waals surface area contributed by atoms with Crippen LogP contribution in [0.25, 0.3) is 22.2 Å². The molecule has 0 spiro atoms. The number of hydrogen-bond acceptors (Lipinski definition) is 6. The van der Waals surface area contributed by atoms with Crippen molar-refractivity contribution in [1.29, 1.82) is 0 Å². The second-order valence-corrected chi connectivity index (χ2v) is 4.49. The number of aromatic amines is 1. The summed E-state index contributed by atoms with van der Waals surface area (Å²) in [6.45, 7) is 2.03. The van der Waals surface area contributed by atoms with Gasteiger partial charge in [0.2, 0.25) is 11.9 Å². The van der Waals surface area contributed by atoms with Crippen LogP contribution in [0.2, 0.25) is 0 Å². The van der Waals surface area contributed by atoms with E-state index in [9.17, 15) is 4.79 Å². The van der Waals surface area contributed by atoms with Crippen molar-refractivity contribution < 1.29 is 9.53 Å². The number of fused-ring (bicyclic) bond motifs is 1. The number of H-pyrrole nitrogens is 1. The van der Waals surface area contributed by atoms with Crippen LogP contribution in [0.5, 0.6) is 0 Å². The zero-order chi connectivity index (χ0) is 15.5. The summed E-state index contributed by atoms with van der Waals surface area (Å²) < 4.78 is 4.81. The number of carbonyl (C=O) groups excluding carboxylic acids is 1. The van der Waals surface area contributed by atoms with Gasteiger partial charge in [0.15, 0.2) is 0 Å². The number of amides is 1. The normalized spacial score (nSPS) is 10.6. The molecule has 0 aliphatic rings. The largest absolute Gasteiger partial charge is 0.450 e. The minimum atomic E-state index is -0.547. The van der Waals surface area contributed by atoms with Crippen LogP contribution in [-0.2, 0) is 4.74 Å². The Kier molecular flexibility index (Phi) is 3.57. The Balaban J connectivity index is 1.90. The topological polar surface area (TPSA) is 119 Å². The molecule has 2 heterocycles. The molecule has 8 nitrogen and oxygen atoms in total. The molecule has 0 bridgehead atoms. The molecule has 3 aromatic rings. The molecular formula is C14H14N6O2. The minimum Gasteiger partial charge on any atom is -0.450 e. The average molecular weight is 298 g/mol. The van der Waals surface area contributed by atoms with Crippen molar-refractivity contribution in [2.24, 2.45) is 0 Å². The first-order valence-electron chi connectivity index (χ1n) is 6.67. The van der Waals surface area contributed by atoms with Crippen LogP contribution >= 0.6 is 0 Å². The van der Waals surface area contributed by atoms with E-state index < -0.39 is 6.09 Å². The fourth-order valence-electron chi connectivity index (χ4n) is 2.00. The second-order valence-electron chi connectivity index (χ2n) is 4.49. The summed E-state index contributed by atoms with van der Waals surface area (Å²) in [6, 6.07) is 5.64. The number of nitrogens with two attached hydrogens (primary N) is 1. The van der Waals surface area contributed by atoms with E-state index in [1.165, 1.54) is 0 Å². The van der Waals surface area contributed by atoms with Gasteiger partial charge in [0, 0.05) is 18.0 Å². The maximum atomic E-state index is 11.4. The Labute approximate surface area is 125 Å². The number of nitrogens with one attached hydrogen (secondary N) is 2. The molecule has 0 saturated carbocycles. The number of nitrogens with zero attached hydrogens (tertiary/aromatic N) is 3. The van der Waals surface area contributed by atoms with E-state index in [4.69, 9.17) is 10.5 Å². The Bertz CT molecular complexity index is 812. The van der Waals surface area contributed by atoms with Crippen LogP contribution in [0.3, 0.4) is 0 Å². The molecule has 0 atom stereocenters. The number of anilines is 2. The van der Waals surface area contributed by atoms with E-state index in [1.807, 2.05) is 18.2 Å². The zero-order valence-corrected chi connectivity index (χ0v) is 11.8. The zero-order valence-electron chi connectivity index (χ0n) is 11.8. The summed E-state index contributed by atoms with van der Waals surface area (Å²) >= 11 is 0. The lowest BCUT2D eigenvalue weighted by atomic mass is 10.1. The van der Waals surface area contributed by atoms with Crippen molar-refractivity contribution in [3.63, 3.8) is 0 Å². The number of imidazole rings is 1. The fourth-order valence-corrected chi connectivity index (χ4v) is 2.00. The fraction of sp³-hybridized carbons (Fsp3) is 0.143. The quantitative estimate of drug-likeness (QED) is 0.681. The number of carbonyl (C=O) groups is 1. The lowest BCUT2D eigenvalue weighted by Gasteiger charge is -2.00. The van der Waals surface area contributed by atoms with Gasteiger partial charge in [-0.1, -0.05) is 6.07 Å². The average Bonchev–Trinajstić information content (AvgIpc) is 2.89. The minimum absolute atomic E-state index is 0.227. The Hall–Kier alpha value is -3.16.